The Bertz CT molecular complexity index is 821. The van der Waals surface area contributed by atoms with E-state index in [9.17, 15) is 35.4 Å². The Morgan fingerprint density at radius 3 is 1.28 bits per heavy atom. The fourth-order valence-electron chi connectivity index (χ4n) is 3.73. The third-order valence-electron chi connectivity index (χ3n) is 5.73. The van der Waals surface area contributed by atoms with Crippen molar-refractivity contribution in [3.8, 4) is 34.5 Å². The van der Waals surface area contributed by atoms with Crippen molar-refractivity contribution in [1.82, 2.24) is 0 Å². The quantitative estimate of drug-likeness (QED) is 0.174. The second-order valence-electron chi connectivity index (χ2n) is 8.25. The highest BCUT2D eigenvalue weighted by Gasteiger charge is 2.11. The SMILES string of the molecule is O=C(CCCCCCc1ccc(O)c(O)c1O)CCCCCCc1ccc(O)c(O)c1O. The maximum atomic E-state index is 12.0. The van der Waals surface area contributed by atoms with E-state index < -0.39 is 11.5 Å². The van der Waals surface area contributed by atoms with Crippen LogP contribution in [0.3, 0.4) is 0 Å². The van der Waals surface area contributed by atoms with Gasteiger partial charge in [-0.25, -0.2) is 0 Å². The molecule has 0 aliphatic heterocycles. The van der Waals surface area contributed by atoms with E-state index >= 15 is 0 Å². The molecule has 2 aromatic carbocycles. The van der Waals surface area contributed by atoms with Gasteiger partial charge in [0.1, 0.15) is 5.78 Å². The van der Waals surface area contributed by atoms with Crippen LogP contribution < -0.4 is 0 Å². The van der Waals surface area contributed by atoms with Gasteiger partial charge >= 0.3 is 0 Å². The summed E-state index contributed by atoms with van der Waals surface area (Å²) in [4.78, 5) is 12.0. The Labute approximate surface area is 188 Å². The summed E-state index contributed by atoms with van der Waals surface area (Å²) in [5.41, 5.74) is 1.21. The van der Waals surface area contributed by atoms with Gasteiger partial charge in [-0.2, -0.15) is 0 Å². The lowest BCUT2D eigenvalue weighted by Crippen LogP contribution is -1.98. The highest BCUT2D eigenvalue weighted by molar-refractivity contribution is 5.78. The van der Waals surface area contributed by atoms with Crippen LogP contribution in [0, 0.1) is 0 Å². The van der Waals surface area contributed by atoms with Crippen LogP contribution in [0.4, 0.5) is 0 Å². The average molecular weight is 447 g/mol. The summed E-state index contributed by atoms with van der Waals surface area (Å²) in [5, 5.41) is 57.3. The van der Waals surface area contributed by atoms with Gasteiger partial charge in [0, 0.05) is 12.8 Å². The normalized spacial score (nSPS) is 11.0. The van der Waals surface area contributed by atoms with Crippen LogP contribution >= 0.6 is 0 Å². The fraction of sp³-hybridized carbons (Fsp3) is 0.480. The van der Waals surface area contributed by atoms with E-state index in [1.807, 2.05) is 0 Å². The number of aromatic hydroxyl groups is 6. The lowest BCUT2D eigenvalue weighted by atomic mass is 10.0. The molecule has 0 spiro atoms. The van der Waals surface area contributed by atoms with Gasteiger partial charge in [-0.3, -0.25) is 4.79 Å². The first-order valence-corrected chi connectivity index (χ1v) is 11.3. The van der Waals surface area contributed by atoms with Crippen molar-refractivity contribution in [3.63, 3.8) is 0 Å². The number of hydrogen-bond donors (Lipinski definition) is 6. The van der Waals surface area contributed by atoms with Crippen LogP contribution in [0.5, 0.6) is 34.5 Å². The number of ketones is 1. The Kier molecular flexibility index (Phi) is 9.98. The molecular weight excluding hydrogens is 412 g/mol. The van der Waals surface area contributed by atoms with Crippen LogP contribution in [0.2, 0.25) is 0 Å². The van der Waals surface area contributed by atoms with Crippen LogP contribution in [0.15, 0.2) is 24.3 Å². The number of phenols is 6. The van der Waals surface area contributed by atoms with Crippen molar-refractivity contribution < 1.29 is 35.4 Å². The number of benzene rings is 2. The molecule has 176 valence electrons. The monoisotopic (exact) mass is 446 g/mol. The molecule has 2 rings (SSSR count). The number of unbranched alkanes of at least 4 members (excludes halogenated alkanes) is 6. The summed E-state index contributed by atoms with van der Waals surface area (Å²) >= 11 is 0. The lowest BCUT2D eigenvalue weighted by Gasteiger charge is -2.08. The molecule has 6 N–H and O–H groups in total. The van der Waals surface area contributed by atoms with Crippen molar-refractivity contribution in [2.24, 2.45) is 0 Å². The number of aryl methyl sites for hydroxylation is 2. The third-order valence-corrected chi connectivity index (χ3v) is 5.73. The summed E-state index contributed by atoms with van der Waals surface area (Å²) in [6, 6.07) is 5.94. The average Bonchev–Trinajstić information content (AvgIpc) is 2.77. The highest BCUT2D eigenvalue weighted by atomic mass is 16.3. The zero-order chi connectivity index (χ0) is 23.5. The molecule has 7 nitrogen and oxygen atoms in total. The van der Waals surface area contributed by atoms with Gasteiger partial charge in [0.25, 0.3) is 0 Å². The summed E-state index contributed by atoms with van der Waals surface area (Å²) < 4.78 is 0. The number of phenolic OH excluding ortho intramolecular Hbond substituents is 6. The van der Waals surface area contributed by atoms with Crippen LogP contribution in [0.1, 0.15) is 75.3 Å². The summed E-state index contributed by atoms with van der Waals surface area (Å²) in [5.74, 6) is -1.89. The van der Waals surface area contributed by atoms with Crippen molar-refractivity contribution >= 4 is 5.78 Å². The lowest BCUT2D eigenvalue weighted by molar-refractivity contribution is -0.119. The maximum Gasteiger partial charge on any atom is 0.200 e. The summed E-state index contributed by atoms with van der Waals surface area (Å²) in [7, 11) is 0. The maximum absolute atomic E-state index is 12.0. The Morgan fingerprint density at radius 1 is 0.500 bits per heavy atom. The van der Waals surface area contributed by atoms with E-state index in [0.717, 1.165) is 51.4 Å². The molecule has 0 aliphatic carbocycles. The first kappa shape index (κ1) is 25.2. The molecule has 0 amide bonds. The number of hydrogen-bond acceptors (Lipinski definition) is 7. The van der Waals surface area contributed by atoms with Crippen molar-refractivity contribution in [2.75, 3.05) is 0 Å². The van der Waals surface area contributed by atoms with Crippen molar-refractivity contribution in [2.45, 2.75) is 77.0 Å². The topological polar surface area (TPSA) is 138 Å². The van der Waals surface area contributed by atoms with Crippen LogP contribution in [-0.2, 0) is 17.6 Å². The minimum atomic E-state index is -0.481. The Morgan fingerprint density at radius 2 is 0.875 bits per heavy atom. The van der Waals surface area contributed by atoms with Crippen molar-refractivity contribution in [3.05, 3.63) is 35.4 Å². The van der Waals surface area contributed by atoms with E-state index in [1.54, 1.807) is 12.1 Å². The van der Waals surface area contributed by atoms with Crippen LogP contribution in [-0.4, -0.2) is 36.4 Å². The molecule has 0 bridgehead atoms. The Hall–Kier alpha value is -3.09. The molecule has 0 atom stereocenters. The van der Waals surface area contributed by atoms with Gasteiger partial charge in [0.2, 0.25) is 11.5 Å². The molecule has 0 fully saturated rings. The molecular formula is C25H34O7. The molecule has 0 radical (unpaired) electrons. The number of Topliss-reactive ketones (excluding diaryl/α,β-unsaturated/α-hetero) is 1. The van der Waals surface area contributed by atoms with Gasteiger partial charge < -0.3 is 30.6 Å². The molecule has 0 saturated carbocycles. The summed E-state index contributed by atoms with van der Waals surface area (Å²) in [6.07, 6.45) is 9.43. The third kappa shape index (κ3) is 7.55. The minimum Gasteiger partial charge on any atom is -0.504 e. The molecule has 32 heavy (non-hydrogen) atoms. The predicted molar refractivity (Wildman–Crippen MR) is 121 cm³/mol. The van der Waals surface area contributed by atoms with Gasteiger partial charge in [0.15, 0.2) is 23.0 Å². The van der Waals surface area contributed by atoms with E-state index in [0.29, 0.717) is 36.8 Å². The number of rotatable bonds is 14. The first-order valence-electron chi connectivity index (χ1n) is 11.3. The molecule has 0 saturated heterocycles. The van der Waals surface area contributed by atoms with Gasteiger partial charge in [-0.15, -0.1) is 0 Å². The van der Waals surface area contributed by atoms with Gasteiger partial charge in [-0.05, 0) is 61.8 Å². The predicted octanol–water partition coefficient (Wildman–Crippen LogP) is 5.18. The number of carbonyl (C=O) groups is 1. The Balaban J connectivity index is 1.49. The molecule has 2 aromatic rings. The molecule has 0 aromatic heterocycles. The van der Waals surface area contributed by atoms with E-state index in [2.05, 4.69) is 0 Å². The highest BCUT2D eigenvalue weighted by Crippen LogP contribution is 2.38. The van der Waals surface area contributed by atoms with E-state index in [-0.39, 0.29) is 28.8 Å². The zero-order valence-electron chi connectivity index (χ0n) is 18.4. The van der Waals surface area contributed by atoms with E-state index in [4.69, 9.17) is 0 Å². The standard InChI is InChI=1S/C25H34O7/c26-19(11-7-3-1-5-9-17-13-15-20(27)24(31)22(17)29)12-8-4-2-6-10-18-14-16-21(28)25(32)23(18)30/h13-16,27-32H,1-12H2. The van der Waals surface area contributed by atoms with Crippen molar-refractivity contribution in [1.29, 1.82) is 0 Å². The fourth-order valence-corrected chi connectivity index (χ4v) is 3.73. The zero-order valence-corrected chi connectivity index (χ0v) is 18.4. The largest absolute Gasteiger partial charge is 0.504 e. The molecule has 0 unspecified atom stereocenters. The second kappa shape index (κ2) is 12.7. The summed E-state index contributed by atoms with van der Waals surface area (Å²) in [6.45, 7) is 0. The first-order chi connectivity index (χ1) is 15.3. The van der Waals surface area contributed by atoms with Gasteiger partial charge in [-0.1, -0.05) is 37.8 Å². The number of carbonyl (C=O) groups excluding carboxylic acids is 1. The molecule has 0 aliphatic rings. The molecule has 7 heteroatoms. The smallest absolute Gasteiger partial charge is 0.200 e. The van der Waals surface area contributed by atoms with Gasteiger partial charge in [0.05, 0.1) is 0 Å². The second-order valence-corrected chi connectivity index (χ2v) is 8.25. The van der Waals surface area contributed by atoms with Crippen LogP contribution in [0.25, 0.3) is 0 Å². The van der Waals surface area contributed by atoms with E-state index in [1.165, 1.54) is 12.1 Å². The molecule has 0 heterocycles. The minimum absolute atomic E-state index is 0.266.